The van der Waals surface area contributed by atoms with E-state index in [0.29, 0.717) is 12.4 Å². The number of ether oxygens (including phenoxy) is 1. The molecule has 0 atom stereocenters. The van der Waals surface area contributed by atoms with E-state index in [9.17, 15) is 4.79 Å². The van der Waals surface area contributed by atoms with Crippen LogP contribution in [0.15, 0.2) is 24.0 Å². The lowest BCUT2D eigenvalue weighted by Crippen LogP contribution is -1.86. The van der Waals surface area contributed by atoms with Crippen LogP contribution in [0, 0.1) is 0 Å². The van der Waals surface area contributed by atoms with E-state index in [2.05, 4.69) is 0 Å². The van der Waals surface area contributed by atoms with Gasteiger partial charge in [-0.15, -0.1) is 0 Å². The van der Waals surface area contributed by atoms with E-state index >= 15 is 0 Å². The van der Waals surface area contributed by atoms with Crippen LogP contribution >= 0.6 is 0 Å². The van der Waals surface area contributed by atoms with Crippen molar-refractivity contribution in [1.82, 2.24) is 0 Å². The second-order valence-corrected chi connectivity index (χ2v) is 1.87. The van der Waals surface area contributed by atoms with Crippen LogP contribution in [-0.2, 0) is 9.53 Å². The molecular weight excluding hydrogens is 116 g/mol. The summed E-state index contributed by atoms with van der Waals surface area (Å²) in [7, 11) is 0. The maximum Gasteiger partial charge on any atom is 0.156 e. The Labute approximate surface area is 53.8 Å². The van der Waals surface area contributed by atoms with Gasteiger partial charge in [0.15, 0.2) is 5.78 Å². The van der Waals surface area contributed by atoms with Crippen molar-refractivity contribution in [3.63, 3.8) is 0 Å². The van der Waals surface area contributed by atoms with Gasteiger partial charge in [0, 0.05) is 6.08 Å². The molecule has 1 aliphatic heterocycles. The zero-order valence-corrected chi connectivity index (χ0v) is 5.26. The summed E-state index contributed by atoms with van der Waals surface area (Å²) in [5.41, 5.74) is 0. The van der Waals surface area contributed by atoms with Crippen LogP contribution in [0.25, 0.3) is 0 Å². The quantitative estimate of drug-likeness (QED) is 0.488. The standard InChI is InChI=1S/C7H8O2/c1-6(8)5-7-3-2-4-9-7/h2-3,5H,4H2,1H3. The molecule has 1 rings (SSSR count). The van der Waals surface area contributed by atoms with E-state index in [1.807, 2.05) is 6.08 Å². The summed E-state index contributed by atoms with van der Waals surface area (Å²) in [5, 5.41) is 0. The smallest absolute Gasteiger partial charge is 0.156 e. The Bertz CT molecular complexity index is 177. The molecule has 0 fully saturated rings. The van der Waals surface area contributed by atoms with Crippen LogP contribution in [-0.4, -0.2) is 12.4 Å². The van der Waals surface area contributed by atoms with E-state index in [1.165, 1.54) is 13.0 Å². The van der Waals surface area contributed by atoms with E-state index in [1.54, 1.807) is 6.08 Å². The summed E-state index contributed by atoms with van der Waals surface area (Å²) in [6.45, 7) is 2.10. The van der Waals surface area contributed by atoms with Crippen molar-refractivity contribution in [2.24, 2.45) is 0 Å². The molecule has 0 N–H and O–H groups in total. The van der Waals surface area contributed by atoms with E-state index in [-0.39, 0.29) is 5.78 Å². The molecule has 0 aromatic carbocycles. The van der Waals surface area contributed by atoms with Gasteiger partial charge in [-0.05, 0) is 19.1 Å². The van der Waals surface area contributed by atoms with Gasteiger partial charge in [0.25, 0.3) is 0 Å². The van der Waals surface area contributed by atoms with Gasteiger partial charge in [0.1, 0.15) is 12.4 Å². The van der Waals surface area contributed by atoms with Gasteiger partial charge in [0.05, 0.1) is 0 Å². The Kier molecular flexibility index (Phi) is 1.68. The van der Waals surface area contributed by atoms with Crippen LogP contribution < -0.4 is 0 Å². The van der Waals surface area contributed by atoms with Gasteiger partial charge in [-0.2, -0.15) is 0 Å². The van der Waals surface area contributed by atoms with Crippen LogP contribution in [0.4, 0.5) is 0 Å². The maximum atomic E-state index is 10.4. The molecule has 0 unspecified atom stereocenters. The molecule has 1 heterocycles. The van der Waals surface area contributed by atoms with Crippen LogP contribution in [0.3, 0.4) is 0 Å². The molecule has 48 valence electrons. The number of ketones is 1. The van der Waals surface area contributed by atoms with Gasteiger partial charge < -0.3 is 4.74 Å². The van der Waals surface area contributed by atoms with E-state index in [4.69, 9.17) is 4.74 Å². The lowest BCUT2D eigenvalue weighted by Gasteiger charge is -1.92. The second-order valence-electron chi connectivity index (χ2n) is 1.87. The summed E-state index contributed by atoms with van der Waals surface area (Å²) in [4.78, 5) is 10.4. The first-order chi connectivity index (χ1) is 4.29. The topological polar surface area (TPSA) is 26.3 Å². The zero-order chi connectivity index (χ0) is 6.69. The lowest BCUT2D eigenvalue weighted by molar-refractivity contribution is -0.112. The van der Waals surface area contributed by atoms with Gasteiger partial charge in [0.2, 0.25) is 0 Å². The molecule has 2 heteroatoms. The van der Waals surface area contributed by atoms with Crippen molar-refractivity contribution in [3.8, 4) is 0 Å². The van der Waals surface area contributed by atoms with Crippen LogP contribution in [0.5, 0.6) is 0 Å². The first-order valence-corrected chi connectivity index (χ1v) is 2.80. The first kappa shape index (κ1) is 6.08. The maximum absolute atomic E-state index is 10.4. The lowest BCUT2D eigenvalue weighted by atomic mass is 10.3. The minimum Gasteiger partial charge on any atom is -0.489 e. The van der Waals surface area contributed by atoms with E-state index in [0.717, 1.165) is 0 Å². The number of hydrogen-bond acceptors (Lipinski definition) is 2. The van der Waals surface area contributed by atoms with Gasteiger partial charge in [-0.3, -0.25) is 4.79 Å². The summed E-state index contributed by atoms with van der Waals surface area (Å²) in [5.74, 6) is 0.694. The minimum atomic E-state index is 0.0246. The highest BCUT2D eigenvalue weighted by Crippen LogP contribution is 2.06. The third-order valence-corrected chi connectivity index (χ3v) is 0.974. The second kappa shape index (κ2) is 2.49. The molecule has 0 aromatic heterocycles. The molecule has 0 spiro atoms. The first-order valence-electron chi connectivity index (χ1n) is 2.80. The summed E-state index contributed by atoms with van der Waals surface area (Å²) >= 11 is 0. The SMILES string of the molecule is CC(=O)C=C1C=CCO1. The fourth-order valence-corrected chi connectivity index (χ4v) is 0.647. The molecule has 2 nitrogen and oxygen atoms in total. The predicted molar refractivity (Wildman–Crippen MR) is 33.9 cm³/mol. The number of rotatable bonds is 1. The average Bonchev–Trinajstić information content (AvgIpc) is 2.15. The molecule has 0 aromatic rings. The summed E-state index contributed by atoms with van der Waals surface area (Å²) in [6.07, 6.45) is 5.14. The molecular formula is C7H8O2. The van der Waals surface area contributed by atoms with E-state index < -0.39 is 0 Å². The fraction of sp³-hybridized carbons (Fsp3) is 0.286. The van der Waals surface area contributed by atoms with Gasteiger partial charge >= 0.3 is 0 Å². The number of carbonyl (C=O) groups excluding carboxylic acids is 1. The molecule has 1 aliphatic rings. The molecule has 0 amide bonds. The highest BCUT2D eigenvalue weighted by atomic mass is 16.5. The predicted octanol–water partition coefficient (Wildman–Crippen LogP) is 1.05. The normalized spacial score (nSPS) is 20.3. The molecule has 0 aliphatic carbocycles. The molecule has 0 saturated carbocycles. The van der Waals surface area contributed by atoms with Gasteiger partial charge in [-0.1, -0.05) is 0 Å². The number of allylic oxidation sites excluding steroid dienone is 2. The monoisotopic (exact) mass is 124 g/mol. The van der Waals surface area contributed by atoms with Crippen molar-refractivity contribution in [3.05, 3.63) is 24.0 Å². The summed E-state index contributed by atoms with van der Waals surface area (Å²) < 4.78 is 4.99. The Morgan fingerprint density at radius 2 is 2.67 bits per heavy atom. The average molecular weight is 124 g/mol. The molecule has 0 bridgehead atoms. The van der Waals surface area contributed by atoms with Crippen molar-refractivity contribution in [2.45, 2.75) is 6.92 Å². The van der Waals surface area contributed by atoms with Crippen molar-refractivity contribution < 1.29 is 9.53 Å². The van der Waals surface area contributed by atoms with Crippen molar-refractivity contribution >= 4 is 5.78 Å². The molecule has 9 heavy (non-hydrogen) atoms. The van der Waals surface area contributed by atoms with Crippen molar-refractivity contribution in [1.29, 1.82) is 0 Å². The number of carbonyl (C=O) groups is 1. The fourth-order valence-electron chi connectivity index (χ4n) is 0.647. The number of hydrogen-bond donors (Lipinski definition) is 0. The minimum absolute atomic E-state index is 0.0246. The van der Waals surface area contributed by atoms with Crippen LogP contribution in [0.1, 0.15) is 6.92 Å². The zero-order valence-electron chi connectivity index (χ0n) is 5.26. The Hall–Kier alpha value is -1.05. The van der Waals surface area contributed by atoms with Gasteiger partial charge in [-0.25, -0.2) is 0 Å². The summed E-state index contributed by atoms with van der Waals surface area (Å²) in [6, 6.07) is 0. The third kappa shape index (κ3) is 1.72. The third-order valence-electron chi connectivity index (χ3n) is 0.974. The Balaban J connectivity index is 2.61. The Morgan fingerprint density at radius 3 is 3.11 bits per heavy atom. The highest BCUT2D eigenvalue weighted by Gasteiger charge is 1.98. The Morgan fingerprint density at radius 1 is 1.89 bits per heavy atom. The largest absolute Gasteiger partial charge is 0.489 e. The molecule has 0 radical (unpaired) electrons. The van der Waals surface area contributed by atoms with Crippen molar-refractivity contribution in [2.75, 3.05) is 6.61 Å². The highest BCUT2D eigenvalue weighted by molar-refractivity contribution is 5.88. The molecule has 0 saturated heterocycles. The van der Waals surface area contributed by atoms with Crippen LogP contribution in [0.2, 0.25) is 0 Å².